The lowest BCUT2D eigenvalue weighted by atomic mass is 10.2. The van der Waals surface area contributed by atoms with Gasteiger partial charge in [-0.05, 0) is 26.0 Å². The number of oxazole rings is 1. The lowest BCUT2D eigenvalue weighted by molar-refractivity contribution is -0.384. The van der Waals surface area contributed by atoms with Crippen molar-refractivity contribution in [3.05, 3.63) is 28.3 Å². The number of nitrogens with one attached hydrogen (secondary N) is 1. The summed E-state index contributed by atoms with van der Waals surface area (Å²) in [5.41, 5.74) is 1.15. The van der Waals surface area contributed by atoms with E-state index < -0.39 is 4.92 Å². The molecule has 0 radical (unpaired) electrons. The first-order chi connectivity index (χ1) is 9.69. The van der Waals surface area contributed by atoms with Crippen LogP contribution in [0, 0.1) is 10.1 Å². The highest BCUT2D eigenvalue weighted by molar-refractivity contribution is 5.77. The first kappa shape index (κ1) is 12.9. The zero-order valence-electron chi connectivity index (χ0n) is 11.2. The van der Waals surface area contributed by atoms with Crippen LogP contribution < -0.4 is 10.2 Å². The van der Waals surface area contributed by atoms with Gasteiger partial charge in [-0.1, -0.05) is 0 Å². The molecule has 1 unspecified atom stereocenters. The summed E-state index contributed by atoms with van der Waals surface area (Å²) in [6.07, 6.45) is 2.20. The number of rotatable bonds is 4. The smallest absolute Gasteiger partial charge is 0.298 e. The Labute approximate surface area is 115 Å². The quantitative estimate of drug-likeness (QED) is 0.678. The summed E-state index contributed by atoms with van der Waals surface area (Å²) in [5, 5.41) is 13.9. The molecule has 7 heteroatoms. The molecular formula is C13H16N4O3. The van der Waals surface area contributed by atoms with Crippen LogP contribution in [0.2, 0.25) is 0 Å². The van der Waals surface area contributed by atoms with Crippen molar-refractivity contribution in [1.29, 1.82) is 0 Å². The van der Waals surface area contributed by atoms with Crippen molar-refractivity contribution in [1.82, 2.24) is 10.3 Å². The summed E-state index contributed by atoms with van der Waals surface area (Å²) in [4.78, 5) is 16.9. The Morgan fingerprint density at radius 1 is 1.60 bits per heavy atom. The maximum absolute atomic E-state index is 10.8. The second-order valence-electron chi connectivity index (χ2n) is 4.95. The van der Waals surface area contributed by atoms with Crippen molar-refractivity contribution >= 4 is 22.8 Å². The molecule has 20 heavy (non-hydrogen) atoms. The lowest BCUT2D eigenvalue weighted by Gasteiger charge is -2.22. The van der Waals surface area contributed by atoms with E-state index in [1.807, 2.05) is 7.05 Å². The van der Waals surface area contributed by atoms with Crippen LogP contribution in [0.5, 0.6) is 0 Å². The number of nitro benzene ring substituents is 1. The number of nitrogens with zero attached hydrogens (tertiary/aromatic N) is 3. The molecule has 1 aliphatic rings. The number of benzene rings is 1. The van der Waals surface area contributed by atoms with Crippen LogP contribution in [0.4, 0.5) is 11.7 Å². The fourth-order valence-electron chi connectivity index (χ4n) is 2.68. The normalized spacial score (nSPS) is 18.9. The Morgan fingerprint density at radius 3 is 3.20 bits per heavy atom. The van der Waals surface area contributed by atoms with E-state index in [1.165, 1.54) is 12.1 Å². The summed E-state index contributed by atoms with van der Waals surface area (Å²) >= 11 is 0. The van der Waals surface area contributed by atoms with Gasteiger partial charge in [0, 0.05) is 31.3 Å². The standard InChI is InChI=1S/C13H16N4O3/c1-14-8-10-3-2-6-16(10)13-15-11-7-9(17(18)19)4-5-12(11)20-13/h4-5,7,10,14H,2-3,6,8H2,1H3. The molecule has 0 saturated carbocycles. The van der Waals surface area contributed by atoms with E-state index in [9.17, 15) is 10.1 Å². The molecule has 0 spiro atoms. The van der Waals surface area contributed by atoms with Crippen LogP contribution >= 0.6 is 0 Å². The summed E-state index contributed by atoms with van der Waals surface area (Å²) in [6, 6.07) is 5.41. The van der Waals surface area contributed by atoms with E-state index in [0.717, 1.165) is 25.9 Å². The Kier molecular flexibility index (Phi) is 3.27. The van der Waals surface area contributed by atoms with Crippen molar-refractivity contribution in [2.24, 2.45) is 0 Å². The molecule has 3 rings (SSSR count). The fourth-order valence-corrected chi connectivity index (χ4v) is 2.68. The molecule has 1 saturated heterocycles. The van der Waals surface area contributed by atoms with Crippen LogP contribution in [-0.2, 0) is 0 Å². The van der Waals surface area contributed by atoms with Crippen molar-refractivity contribution in [2.75, 3.05) is 25.0 Å². The van der Waals surface area contributed by atoms with E-state index in [1.54, 1.807) is 6.07 Å². The summed E-state index contributed by atoms with van der Waals surface area (Å²) in [7, 11) is 1.92. The monoisotopic (exact) mass is 276 g/mol. The second-order valence-corrected chi connectivity index (χ2v) is 4.95. The van der Waals surface area contributed by atoms with Gasteiger partial charge in [-0.2, -0.15) is 4.98 Å². The van der Waals surface area contributed by atoms with E-state index >= 15 is 0 Å². The number of likely N-dealkylation sites (N-methyl/N-ethyl adjacent to an activating group) is 1. The molecular weight excluding hydrogens is 260 g/mol. The van der Waals surface area contributed by atoms with E-state index in [2.05, 4.69) is 15.2 Å². The largest absolute Gasteiger partial charge is 0.423 e. The summed E-state index contributed by atoms with van der Waals surface area (Å²) < 4.78 is 5.73. The van der Waals surface area contributed by atoms with E-state index in [0.29, 0.717) is 23.2 Å². The Morgan fingerprint density at radius 2 is 2.45 bits per heavy atom. The van der Waals surface area contributed by atoms with Gasteiger partial charge in [-0.25, -0.2) is 0 Å². The molecule has 1 N–H and O–H groups in total. The lowest BCUT2D eigenvalue weighted by Crippen LogP contribution is -2.36. The SMILES string of the molecule is CNCC1CCCN1c1nc2cc([N+](=O)[O-])ccc2o1. The number of non-ortho nitro benzene ring substituents is 1. The minimum Gasteiger partial charge on any atom is -0.423 e. The van der Waals surface area contributed by atoms with Gasteiger partial charge in [0.05, 0.1) is 4.92 Å². The highest BCUT2D eigenvalue weighted by Gasteiger charge is 2.28. The Hall–Kier alpha value is -2.15. The van der Waals surface area contributed by atoms with Gasteiger partial charge < -0.3 is 14.6 Å². The van der Waals surface area contributed by atoms with Gasteiger partial charge in [-0.15, -0.1) is 0 Å². The summed E-state index contributed by atoms with van der Waals surface area (Å²) in [5.74, 6) is 0. The van der Waals surface area contributed by atoms with E-state index in [-0.39, 0.29) is 5.69 Å². The van der Waals surface area contributed by atoms with Crippen molar-refractivity contribution < 1.29 is 9.34 Å². The molecule has 0 aliphatic carbocycles. The minimum atomic E-state index is -0.423. The number of anilines is 1. The van der Waals surface area contributed by atoms with E-state index in [4.69, 9.17) is 4.42 Å². The molecule has 2 heterocycles. The second kappa shape index (κ2) is 5.09. The molecule has 1 aromatic heterocycles. The number of aromatic nitrogens is 1. The van der Waals surface area contributed by atoms with Gasteiger partial charge in [-0.3, -0.25) is 10.1 Å². The molecule has 1 aromatic carbocycles. The number of nitro groups is 1. The zero-order valence-corrected chi connectivity index (χ0v) is 11.2. The summed E-state index contributed by atoms with van der Waals surface area (Å²) in [6.45, 7) is 1.78. The van der Waals surface area contributed by atoms with Crippen LogP contribution in [0.1, 0.15) is 12.8 Å². The number of fused-ring (bicyclic) bond motifs is 1. The molecule has 0 amide bonds. The maximum atomic E-state index is 10.8. The van der Waals surface area contributed by atoms with Crippen LogP contribution in [0.15, 0.2) is 22.6 Å². The fraction of sp³-hybridized carbons (Fsp3) is 0.462. The first-order valence-corrected chi connectivity index (χ1v) is 6.65. The van der Waals surface area contributed by atoms with Crippen molar-refractivity contribution in [2.45, 2.75) is 18.9 Å². The van der Waals surface area contributed by atoms with Crippen molar-refractivity contribution in [3.8, 4) is 0 Å². The average Bonchev–Trinajstić information content (AvgIpc) is 3.03. The molecule has 2 aromatic rings. The van der Waals surface area contributed by atoms with Crippen LogP contribution in [0.25, 0.3) is 11.1 Å². The average molecular weight is 276 g/mol. The van der Waals surface area contributed by atoms with Gasteiger partial charge >= 0.3 is 0 Å². The van der Waals surface area contributed by atoms with Crippen LogP contribution in [-0.4, -0.2) is 36.1 Å². The first-order valence-electron chi connectivity index (χ1n) is 6.65. The van der Waals surface area contributed by atoms with Gasteiger partial charge in [0.15, 0.2) is 5.58 Å². The Bertz CT molecular complexity index is 640. The molecule has 106 valence electrons. The zero-order chi connectivity index (χ0) is 14.1. The highest BCUT2D eigenvalue weighted by Crippen LogP contribution is 2.29. The molecule has 1 fully saturated rings. The minimum absolute atomic E-state index is 0.0329. The van der Waals surface area contributed by atoms with Gasteiger partial charge in [0.25, 0.3) is 11.7 Å². The number of hydrogen-bond acceptors (Lipinski definition) is 6. The highest BCUT2D eigenvalue weighted by atomic mass is 16.6. The Balaban J connectivity index is 1.94. The van der Waals surface area contributed by atoms with Gasteiger partial charge in [0.1, 0.15) is 5.52 Å². The molecule has 7 nitrogen and oxygen atoms in total. The predicted octanol–water partition coefficient (Wildman–Crippen LogP) is 1.92. The topological polar surface area (TPSA) is 84.4 Å². The van der Waals surface area contributed by atoms with Gasteiger partial charge in [0.2, 0.25) is 0 Å². The third kappa shape index (κ3) is 2.20. The van der Waals surface area contributed by atoms with Crippen LogP contribution in [0.3, 0.4) is 0 Å². The maximum Gasteiger partial charge on any atom is 0.298 e. The third-order valence-corrected chi connectivity index (χ3v) is 3.63. The van der Waals surface area contributed by atoms with Crippen molar-refractivity contribution in [3.63, 3.8) is 0 Å². The molecule has 0 bridgehead atoms. The molecule has 1 atom stereocenters. The third-order valence-electron chi connectivity index (χ3n) is 3.63. The number of hydrogen-bond donors (Lipinski definition) is 1. The molecule has 1 aliphatic heterocycles. The predicted molar refractivity (Wildman–Crippen MR) is 75.0 cm³/mol.